The highest BCUT2D eigenvalue weighted by molar-refractivity contribution is 6.12. The maximum Gasteiger partial charge on any atom is 0.303 e. The van der Waals surface area contributed by atoms with E-state index in [-0.39, 0.29) is 24.1 Å². The van der Waals surface area contributed by atoms with Gasteiger partial charge in [0.1, 0.15) is 6.61 Å². The van der Waals surface area contributed by atoms with Crippen LogP contribution >= 0.6 is 0 Å². The van der Waals surface area contributed by atoms with Crippen molar-refractivity contribution in [2.24, 2.45) is 5.73 Å². The van der Waals surface area contributed by atoms with Gasteiger partial charge in [0, 0.05) is 37.1 Å². The molecule has 33 heavy (non-hydrogen) atoms. The lowest BCUT2D eigenvalue weighted by Gasteiger charge is -2.40. The fourth-order valence-electron chi connectivity index (χ4n) is 3.86. The molecule has 0 radical (unpaired) electrons. The molecule has 0 aliphatic carbocycles. The van der Waals surface area contributed by atoms with Crippen molar-refractivity contribution in [1.82, 2.24) is 4.90 Å². The van der Waals surface area contributed by atoms with Gasteiger partial charge in [-0.05, 0) is 61.2 Å². The number of aryl methyl sites for hydroxylation is 2. The molecule has 3 N–H and O–H groups in total. The van der Waals surface area contributed by atoms with Crippen molar-refractivity contribution in [3.63, 3.8) is 0 Å². The number of amides is 1. The molecular formula is C26H28N4O3. The van der Waals surface area contributed by atoms with E-state index in [1.807, 2.05) is 32.0 Å². The zero-order valence-electron chi connectivity index (χ0n) is 19.4. The first-order chi connectivity index (χ1) is 15.6. The van der Waals surface area contributed by atoms with Gasteiger partial charge in [0.2, 0.25) is 0 Å². The number of hydrogen-bond acceptors (Lipinski definition) is 6. The van der Waals surface area contributed by atoms with Crippen LogP contribution in [0.4, 0.5) is 0 Å². The monoisotopic (exact) mass is 444 g/mol. The molecule has 1 amide bonds. The lowest BCUT2D eigenvalue weighted by Crippen LogP contribution is -2.48. The van der Waals surface area contributed by atoms with Crippen molar-refractivity contribution >= 4 is 17.6 Å². The van der Waals surface area contributed by atoms with Crippen molar-refractivity contribution in [2.45, 2.75) is 33.6 Å². The number of carbonyl (C=O) groups is 2. The predicted molar refractivity (Wildman–Crippen MR) is 126 cm³/mol. The smallest absolute Gasteiger partial charge is 0.303 e. The third-order valence-electron chi connectivity index (χ3n) is 6.04. The second-order valence-electron chi connectivity index (χ2n) is 8.43. The topological polar surface area (TPSA) is 120 Å². The molecule has 0 aromatic heterocycles. The number of nitrogens with zero attached hydrogens (tertiary/aromatic N) is 2. The van der Waals surface area contributed by atoms with Crippen LogP contribution in [-0.2, 0) is 9.53 Å². The van der Waals surface area contributed by atoms with Gasteiger partial charge >= 0.3 is 5.97 Å². The van der Waals surface area contributed by atoms with Crippen LogP contribution in [0.5, 0.6) is 0 Å². The fraction of sp³-hybridized carbons (Fsp3) is 0.308. The molecule has 0 bridgehead atoms. The molecule has 2 aromatic rings. The van der Waals surface area contributed by atoms with Gasteiger partial charge in [-0.25, -0.2) is 0 Å². The van der Waals surface area contributed by atoms with Crippen LogP contribution in [0.3, 0.4) is 0 Å². The lowest BCUT2D eigenvalue weighted by molar-refractivity contribution is -0.140. The van der Waals surface area contributed by atoms with Crippen molar-refractivity contribution < 1.29 is 14.3 Å². The molecular weight excluding hydrogens is 416 g/mol. The van der Waals surface area contributed by atoms with E-state index in [1.54, 1.807) is 30.0 Å². The molecule has 7 nitrogen and oxygen atoms in total. The van der Waals surface area contributed by atoms with Gasteiger partial charge in [0.25, 0.3) is 5.91 Å². The standard InChI is InChI=1S/C26H28N4O3/c1-15-9-16(2)23(10-22(15)25(29)17(3)24(28)14-33-18(4)31)26(32)30-12-21(13-30)20-7-5-19(11-27)6-8-20/h5-10,21,29H,12-14,28H2,1-4H3. The Morgan fingerprint density at radius 3 is 2.30 bits per heavy atom. The van der Waals surface area contributed by atoms with Crippen molar-refractivity contribution in [3.8, 4) is 6.07 Å². The molecule has 1 fully saturated rings. The third kappa shape index (κ3) is 5.12. The molecule has 3 rings (SSSR count). The average Bonchev–Trinajstić information content (AvgIpc) is 2.75. The summed E-state index contributed by atoms with van der Waals surface area (Å²) in [5, 5.41) is 17.6. The number of hydrogen-bond donors (Lipinski definition) is 2. The predicted octanol–water partition coefficient (Wildman–Crippen LogP) is 3.58. The van der Waals surface area contributed by atoms with Gasteiger partial charge in [-0.3, -0.25) is 15.0 Å². The summed E-state index contributed by atoms with van der Waals surface area (Å²) in [6.45, 7) is 7.94. The Kier molecular flexibility index (Phi) is 6.98. The van der Waals surface area contributed by atoms with Gasteiger partial charge in [-0.15, -0.1) is 0 Å². The molecule has 0 unspecified atom stereocenters. The molecule has 1 heterocycles. The minimum atomic E-state index is -0.439. The highest BCUT2D eigenvalue weighted by Gasteiger charge is 2.33. The first kappa shape index (κ1) is 23.7. The maximum atomic E-state index is 13.2. The Labute approximate surface area is 194 Å². The van der Waals surface area contributed by atoms with E-state index in [1.165, 1.54) is 6.92 Å². The van der Waals surface area contributed by atoms with Crippen LogP contribution in [0.15, 0.2) is 47.7 Å². The summed E-state index contributed by atoms with van der Waals surface area (Å²) in [4.78, 5) is 26.1. The average molecular weight is 445 g/mol. The van der Waals surface area contributed by atoms with E-state index < -0.39 is 5.97 Å². The molecule has 0 atom stereocenters. The Balaban J connectivity index is 1.77. The highest BCUT2D eigenvalue weighted by Crippen LogP contribution is 2.30. The molecule has 2 aromatic carbocycles. The van der Waals surface area contributed by atoms with Gasteiger partial charge in [-0.2, -0.15) is 5.26 Å². The number of likely N-dealkylation sites (tertiary alicyclic amines) is 1. The number of esters is 1. The van der Waals surface area contributed by atoms with E-state index in [0.717, 1.165) is 16.7 Å². The van der Waals surface area contributed by atoms with E-state index in [0.29, 0.717) is 41.1 Å². The summed E-state index contributed by atoms with van der Waals surface area (Å²) in [5.41, 5.74) is 11.7. The molecule has 1 aliphatic rings. The Hall–Kier alpha value is -3.92. The Bertz CT molecular complexity index is 1180. The van der Waals surface area contributed by atoms with Crippen molar-refractivity contribution in [3.05, 3.63) is 81.0 Å². The highest BCUT2D eigenvalue weighted by atomic mass is 16.5. The van der Waals surface area contributed by atoms with E-state index in [9.17, 15) is 9.59 Å². The van der Waals surface area contributed by atoms with Crippen LogP contribution < -0.4 is 5.73 Å². The number of ether oxygens (including phenoxy) is 1. The summed E-state index contributed by atoms with van der Waals surface area (Å²) in [7, 11) is 0. The number of carbonyl (C=O) groups excluding carboxylic acids is 2. The van der Waals surface area contributed by atoms with Crippen LogP contribution in [0.25, 0.3) is 0 Å². The molecule has 1 aliphatic heterocycles. The largest absolute Gasteiger partial charge is 0.459 e. The maximum absolute atomic E-state index is 13.2. The summed E-state index contributed by atoms with van der Waals surface area (Å²) in [6.07, 6.45) is 0. The number of benzene rings is 2. The lowest BCUT2D eigenvalue weighted by atomic mass is 9.89. The number of nitrogens with two attached hydrogens (primary N) is 1. The zero-order valence-corrected chi connectivity index (χ0v) is 19.4. The SMILES string of the molecule is CC(=O)OCC(N)=C(C)C(=N)c1cc(C(=O)N2CC(c3ccc(C#N)cc3)C2)c(C)cc1C. The fourth-order valence-corrected chi connectivity index (χ4v) is 3.86. The second kappa shape index (κ2) is 9.70. The zero-order chi connectivity index (χ0) is 24.3. The third-order valence-corrected chi connectivity index (χ3v) is 6.04. The Morgan fingerprint density at radius 1 is 1.12 bits per heavy atom. The van der Waals surface area contributed by atoms with Crippen LogP contribution in [0, 0.1) is 30.6 Å². The number of nitriles is 1. The van der Waals surface area contributed by atoms with Gasteiger partial charge in [0.15, 0.2) is 0 Å². The molecule has 170 valence electrons. The van der Waals surface area contributed by atoms with Crippen molar-refractivity contribution in [1.29, 1.82) is 10.7 Å². The Morgan fingerprint density at radius 2 is 1.73 bits per heavy atom. The van der Waals surface area contributed by atoms with E-state index in [2.05, 4.69) is 6.07 Å². The molecule has 0 spiro atoms. The van der Waals surface area contributed by atoms with Crippen LogP contribution in [-0.4, -0.2) is 42.2 Å². The number of allylic oxidation sites excluding steroid dienone is 1. The number of nitrogens with one attached hydrogen (secondary N) is 1. The van der Waals surface area contributed by atoms with Gasteiger partial charge in [0.05, 0.1) is 23.0 Å². The van der Waals surface area contributed by atoms with E-state index in [4.69, 9.17) is 21.1 Å². The van der Waals surface area contributed by atoms with E-state index >= 15 is 0 Å². The molecule has 7 heteroatoms. The first-order valence-electron chi connectivity index (χ1n) is 10.7. The molecule has 0 saturated carbocycles. The van der Waals surface area contributed by atoms with Crippen LogP contribution in [0.1, 0.15) is 57.9 Å². The van der Waals surface area contributed by atoms with Crippen LogP contribution in [0.2, 0.25) is 0 Å². The normalized spacial score (nSPS) is 14.1. The minimum Gasteiger partial charge on any atom is -0.459 e. The van der Waals surface area contributed by atoms with Gasteiger partial charge in [-0.1, -0.05) is 18.2 Å². The van der Waals surface area contributed by atoms with Crippen molar-refractivity contribution in [2.75, 3.05) is 19.7 Å². The summed E-state index contributed by atoms with van der Waals surface area (Å²) >= 11 is 0. The quantitative estimate of drug-likeness (QED) is 0.521. The summed E-state index contributed by atoms with van der Waals surface area (Å²) in [5.74, 6) is -0.261. The molecule has 1 saturated heterocycles. The minimum absolute atomic E-state index is 0.0686. The second-order valence-corrected chi connectivity index (χ2v) is 8.43. The summed E-state index contributed by atoms with van der Waals surface area (Å²) in [6, 6.07) is 13.3. The first-order valence-corrected chi connectivity index (χ1v) is 10.7. The van der Waals surface area contributed by atoms with Gasteiger partial charge < -0.3 is 15.4 Å². The number of rotatable bonds is 6. The summed E-state index contributed by atoms with van der Waals surface area (Å²) < 4.78 is 4.94.